The average molecular weight is 165 g/mol. The minimum Gasteiger partial charge on any atom is -0.296 e. The fourth-order valence-corrected chi connectivity index (χ4v) is 2.90. The molecule has 2 aliphatic rings. The second kappa shape index (κ2) is 3.61. The molecule has 0 radical (unpaired) electrons. The summed E-state index contributed by atoms with van der Waals surface area (Å²) in [5.41, 5.74) is 0. The van der Waals surface area contributed by atoms with Gasteiger partial charge in [0.25, 0.3) is 0 Å². The number of rotatable bonds is 2. The monoisotopic (exact) mass is 165 g/mol. The molecule has 1 aliphatic carbocycles. The van der Waals surface area contributed by atoms with Crippen LogP contribution in [-0.2, 0) is 0 Å². The molecule has 1 nitrogen and oxygen atoms in total. The molecule has 2 rings (SSSR count). The first kappa shape index (κ1) is 8.31. The van der Waals surface area contributed by atoms with Crippen LogP contribution in [0.25, 0.3) is 0 Å². The second-order valence-electron chi connectivity index (χ2n) is 4.18. The van der Waals surface area contributed by atoms with Gasteiger partial charge in [-0.1, -0.05) is 18.9 Å². The van der Waals surface area contributed by atoms with Crippen LogP contribution < -0.4 is 0 Å². The Kier molecular flexibility index (Phi) is 2.50. The summed E-state index contributed by atoms with van der Waals surface area (Å²) in [4.78, 5) is 2.62. The van der Waals surface area contributed by atoms with Crippen molar-refractivity contribution in [2.75, 3.05) is 13.1 Å². The fraction of sp³-hybridized carbons (Fsp3) is 0.818. The maximum absolute atomic E-state index is 3.82. The lowest BCUT2D eigenvalue weighted by Gasteiger charge is -2.30. The van der Waals surface area contributed by atoms with E-state index in [0.29, 0.717) is 0 Å². The third-order valence-corrected chi connectivity index (χ3v) is 3.49. The maximum Gasteiger partial charge on any atom is 0.0163 e. The van der Waals surface area contributed by atoms with Gasteiger partial charge >= 0.3 is 0 Å². The lowest BCUT2D eigenvalue weighted by molar-refractivity contribution is 0.198. The lowest BCUT2D eigenvalue weighted by atomic mass is 9.85. The summed E-state index contributed by atoms with van der Waals surface area (Å²) >= 11 is 0. The molecule has 0 unspecified atom stereocenters. The zero-order valence-electron chi connectivity index (χ0n) is 7.84. The van der Waals surface area contributed by atoms with Crippen molar-refractivity contribution in [3.63, 3.8) is 0 Å². The summed E-state index contributed by atoms with van der Waals surface area (Å²) in [6.45, 7) is 6.25. The predicted octanol–water partition coefficient (Wildman–Crippen LogP) is 2.44. The highest BCUT2D eigenvalue weighted by Gasteiger charge is 2.34. The fourth-order valence-electron chi connectivity index (χ4n) is 2.90. The highest BCUT2D eigenvalue weighted by atomic mass is 15.2. The maximum atomic E-state index is 3.82. The van der Waals surface area contributed by atoms with Gasteiger partial charge in [-0.3, -0.25) is 4.90 Å². The Morgan fingerprint density at radius 3 is 2.92 bits per heavy atom. The van der Waals surface area contributed by atoms with Gasteiger partial charge in [-0.15, -0.1) is 6.58 Å². The van der Waals surface area contributed by atoms with E-state index in [2.05, 4.69) is 17.6 Å². The van der Waals surface area contributed by atoms with Crippen molar-refractivity contribution in [2.45, 2.75) is 38.1 Å². The third kappa shape index (κ3) is 1.42. The summed E-state index contributed by atoms with van der Waals surface area (Å²) in [6, 6.07) is 0.914. The molecule has 0 aromatic heterocycles. The van der Waals surface area contributed by atoms with Gasteiger partial charge < -0.3 is 0 Å². The van der Waals surface area contributed by atoms with E-state index in [0.717, 1.165) is 18.5 Å². The molecular formula is C11H19N. The van der Waals surface area contributed by atoms with Crippen molar-refractivity contribution in [3.8, 4) is 0 Å². The number of hydrogen-bond acceptors (Lipinski definition) is 1. The number of nitrogens with zero attached hydrogens (tertiary/aromatic N) is 1. The van der Waals surface area contributed by atoms with E-state index in [-0.39, 0.29) is 0 Å². The van der Waals surface area contributed by atoms with Crippen LogP contribution in [0.5, 0.6) is 0 Å². The van der Waals surface area contributed by atoms with Gasteiger partial charge in [0, 0.05) is 12.6 Å². The van der Waals surface area contributed by atoms with Gasteiger partial charge in [0.05, 0.1) is 0 Å². The number of hydrogen-bond donors (Lipinski definition) is 0. The van der Waals surface area contributed by atoms with Crippen LogP contribution in [-0.4, -0.2) is 24.0 Å². The first-order valence-electron chi connectivity index (χ1n) is 5.27. The molecule has 0 amide bonds. The average Bonchev–Trinajstić information content (AvgIpc) is 2.50. The van der Waals surface area contributed by atoms with Crippen LogP contribution in [0.3, 0.4) is 0 Å². The number of likely N-dealkylation sites (tertiary alicyclic amines) is 1. The molecule has 2 fully saturated rings. The first-order valence-corrected chi connectivity index (χ1v) is 5.27. The highest BCUT2D eigenvalue weighted by molar-refractivity contribution is 4.92. The second-order valence-corrected chi connectivity index (χ2v) is 4.18. The summed E-state index contributed by atoms with van der Waals surface area (Å²) < 4.78 is 0. The van der Waals surface area contributed by atoms with Crippen LogP contribution >= 0.6 is 0 Å². The van der Waals surface area contributed by atoms with Crippen molar-refractivity contribution >= 4 is 0 Å². The van der Waals surface area contributed by atoms with Crippen LogP contribution in [0.4, 0.5) is 0 Å². The Balaban J connectivity index is 1.96. The Bertz CT molecular complexity index is 164. The Morgan fingerprint density at radius 2 is 2.08 bits per heavy atom. The molecule has 68 valence electrons. The molecule has 0 spiro atoms. The molecule has 2 atom stereocenters. The standard InChI is InChI=1S/C11H19N/c1-2-8-12-9-7-10-5-3-4-6-11(10)12/h2,10-11H,1,3-9H2/t10-,11-/m1/s1. The summed E-state index contributed by atoms with van der Waals surface area (Å²) in [7, 11) is 0. The summed E-state index contributed by atoms with van der Waals surface area (Å²) in [5, 5.41) is 0. The minimum absolute atomic E-state index is 0.914. The molecule has 1 heteroatoms. The van der Waals surface area contributed by atoms with Crippen molar-refractivity contribution in [1.29, 1.82) is 0 Å². The van der Waals surface area contributed by atoms with E-state index in [9.17, 15) is 0 Å². The van der Waals surface area contributed by atoms with Crippen LogP contribution in [0.2, 0.25) is 0 Å². The molecule has 1 heterocycles. The lowest BCUT2D eigenvalue weighted by Crippen LogP contribution is -2.34. The van der Waals surface area contributed by atoms with Crippen molar-refractivity contribution < 1.29 is 0 Å². The van der Waals surface area contributed by atoms with Gasteiger partial charge in [0.2, 0.25) is 0 Å². The Hall–Kier alpha value is -0.300. The molecule has 0 aromatic carbocycles. The van der Waals surface area contributed by atoms with Crippen molar-refractivity contribution in [2.24, 2.45) is 5.92 Å². The van der Waals surface area contributed by atoms with Gasteiger partial charge in [-0.25, -0.2) is 0 Å². The largest absolute Gasteiger partial charge is 0.296 e. The molecule has 1 saturated heterocycles. The van der Waals surface area contributed by atoms with E-state index in [1.54, 1.807) is 0 Å². The molecule has 0 bridgehead atoms. The molecular weight excluding hydrogens is 146 g/mol. The molecule has 1 saturated carbocycles. The Morgan fingerprint density at radius 1 is 1.25 bits per heavy atom. The van der Waals surface area contributed by atoms with E-state index in [4.69, 9.17) is 0 Å². The molecule has 0 N–H and O–H groups in total. The highest BCUT2D eigenvalue weighted by Crippen LogP contribution is 2.35. The minimum atomic E-state index is 0.914. The first-order chi connectivity index (χ1) is 5.92. The topological polar surface area (TPSA) is 3.24 Å². The smallest absolute Gasteiger partial charge is 0.0163 e. The molecule has 0 aromatic rings. The predicted molar refractivity (Wildman–Crippen MR) is 52.1 cm³/mol. The van der Waals surface area contributed by atoms with E-state index in [1.165, 1.54) is 38.6 Å². The van der Waals surface area contributed by atoms with Crippen LogP contribution in [0.15, 0.2) is 12.7 Å². The van der Waals surface area contributed by atoms with Crippen molar-refractivity contribution in [1.82, 2.24) is 4.90 Å². The SMILES string of the molecule is C=CCN1CC[C@H]2CCCC[C@H]21. The van der Waals surface area contributed by atoms with E-state index >= 15 is 0 Å². The number of fused-ring (bicyclic) bond motifs is 1. The third-order valence-electron chi connectivity index (χ3n) is 3.49. The zero-order valence-corrected chi connectivity index (χ0v) is 7.84. The summed E-state index contributed by atoms with van der Waals surface area (Å²) in [6.07, 6.45) is 9.35. The van der Waals surface area contributed by atoms with Gasteiger partial charge in [0.1, 0.15) is 0 Å². The molecule has 12 heavy (non-hydrogen) atoms. The molecule has 1 aliphatic heterocycles. The Labute approximate surface area is 75.4 Å². The van der Waals surface area contributed by atoms with Crippen LogP contribution in [0.1, 0.15) is 32.1 Å². The quantitative estimate of drug-likeness (QED) is 0.568. The van der Waals surface area contributed by atoms with Crippen molar-refractivity contribution in [3.05, 3.63) is 12.7 Å². The van der Waals surface area contributed by atoms with Gasteiger partial charge in [-0.05, 0) is 31.7 Å². The van der Waals surface area contributed by atoms with Gasteiger partial charge in [0.15, 0.2) is 0 Å². The summed E-state index contributed by atoms with van der Waals surface area (Å²) in [5.74, 6) is 1.03. The van der Waals surface area contributed by atoms with E-state index < -0.39 is 0 Å². The van der Waals surface area contributed by atoms with Gasteiger partial charge in [-0.2, -0.15) is 0 Å². The van der Waals surface area contributed by atoms with E-state index in [1.807, 2.05) is 0 Å². The normalized spacial score (nSPS) is 36.3. The zero-order chi connectivity index (χ0) is 8.39. The van der Waals surface area contributed by atoms with Crippen LogP contribution in [0, 0.1) is 5.92 Å².